The van der Waals surface area contributed by atoms with Crippen LogP contribution in [0.15, 0.2) is 42.5 Å². The second-order valence-corrected chi connectivity index (χ2v) is 7.41. The third-order valence-electron chi connectivity index (χ3n) is 5.60. The van der Waals surface area contributed by atoms with E-state index in [0.717, 1.165) is 12.8 Å². The monoisotopic (exact) mass is 394 g/mol. The zero-order valence-electron chi connectivity index (χ0n) is 16.7. The summed E-state index contributed by atoms with van der Waals surface area (Å²) in [5.41, 5.74) is 3.08. The molecule has 0 aliphatic carbocycles. The molecule has 2 aromatic carbocycles. The summed E-state index contributed by atoms with van der Waals surface area (Å²) in [6.07, 6.45) is 2.27. The first kappa shape index (κ1) is 19.3. The Labute approximate surface area is 171 Å². The Morgan fingerprint density at radius 2 is 1.52 bits per heavy atom. The van der Waals surface area contributed by atoms with Crippen molar-refractivity contribution in [2.45, 2.75) is 26.2 Å². The molecule has 152 valence electrons. The molecule has 0 radical (unpaired) electrons. The highest BCUT2D eigenvalue weighted by Gasteiger charge is 2.26. The first-order valence-corrected chi connectivity index (χ1v) is 10.2. The predicted molar refractivity (Wildman–Crippen MR) is 109 cm³/mol. The van der Waals surface area contributed by atoms with Crippen molar-refractivity contribution >= 4 is 11.8 Å². The van der Waals surface area contributed by atoms with Crippen LogP contribution in [0.2, 0.25) is 0 Å². The minimum absolute atomic E-state index is 0.0357. The topological polar surface area (TPSA) is 59.1 Å². The highest BCUT2D eigenvalue weighted by atomic mass is 16.7. The Morgan fingerprint density at radius 3 is 2.24 bits per heavy atom. The van der Waals surface area contributed by atoms with Crippen LogP contribution in [0.4, 0.5) is 0 Å². The average molecular weight is 394 g/mol. The van der Waals surface area contributed by atoms with E-state index in [0.29, 0.717) is 49.7 Å². The normalized spacial score (nSPS) is 15.5. The summed E-state index contributed by atoms with van der Waals surface area (Å²) in [5.74, 6) is 1.39. The van der Waals surface area contributed by atoms with Gasteiger partial charge in [-0.3, -0.25) is 9.59 Å². The van der Waals surface area contributed by atoms with E-state index in [4.69, 9.17) is 9.47 Å². The van der Waals surface area contributed by atoms with Crippen molar-refractivity contribution in [3.8, 4) is 11.5 Å². The van der Waals surface area contributed by atoms with E-state index in [1.807, 2.05) is 4.90 Å². The molecule has 6 heteroatoms. The molecule has 29 heavy (non-hydrogen) atoms. The van der Waals surface area contributed by atoms with Gasteiger partial charge in [0, 0.05) is 38.2 Å². The molecule has 0 saturated carbocycles. The first-order valence-electron chi connectivity index (χ1n) is 10.2. The van der Waals surface area contributed by atoms with Crippen molar-refractivity contribution < 1.29 is 19.1 Å². The molecule has 2 heterocycles. The van der Waals surface area contributed by atoms with Gasteiger partial charge in [-0.05, 0) is 42.2 Å². The molecule has 2 amide bonds. The number of piperazine rings is 1. The van der Waals surface area contributed by atoms with Gasteiger partial charge in [0.25, 0.3) is 5.91 Å². The molecule has 0 bridgehead atoms. The Balaban J connectivity index is 1.27. The van der Waals surface area contributed by atoms with Crippen LogP contribution >= 0.6 is 0 Å². The van der Waals surface area contributed by atoms with Crippen molar-refractivity contribution in [2.75, 3.05) is 33.0 Å². The molecule has 2 aliphatic heterocycles. The number of fused-ring (bicyclic) bond motifs is 1. The van der Waals surface area contributed by atoms with Crippen LogP contribution in [0.3, 0.4) is 0 Å². The van der Waals surface area contributed by atoms with Gasteiger partial charge >= 0.3 is 0 Å². The van der Waals surface area contributed by atoms with Gasteiger partial charge in [0.1, 0.15) is 0 Å². The second-order valence-electron chi connectivity index (χ2n) is 7.41. The summed E-state index contributed by atoms with van der Waals surface area (Å²) < 4.78 is 10.6. The number of ether oxygens (including phenoxy) is 2. The Kier molecular flexibility index (Phi) is 5.69. The lowest BCUT2D eigenvalue weighted by molar-refractivity contribution is -0.132. The van der Waals surface area contributed by atoms with E-state index in [9.17, 15) is 9.59 Å². The van der Waals surface area contributed by atoms with E-state index in [1.165, 1.54) is 11.1 Å². The highest BCUT2D eigenvalue weighted by molar-refractivity contribution is 5.95. The minimum Gasteiger partial charge on any atom is -0.454 e. The number of nitrogens with zero attached hydrogens (tertiary/aromatic N) is 2. The smallest absolute Gasteiger partial charge is 0.254 e. The molecule has 4 rings (SSSR count). The van der Waals surface area contributed by atoms with Gasteiger partial charge in [-0.15, -0.1) is 0 Å². The molecule has 2 aromatic rings. The lowest BCUT2D eigenvalue weighted by atomic mass is 10.1. The third kappa shape index (κ3) is 4.36. The Bertz CT molecular complexity index is 886. The van der Waals surface area contributed by atoms with Crippen LogP contribution in [-0.4, -0.2) is 54.6 Å². The van der Waals surface area contributed by atoms with Crippen LogP contribution in [0.1, 0.15) is 34.8 Å². The maximum atomic E-state index is 12.8. The van der Waals surface area contributed by atoms with Gasteiger partial charge in [0.15, 0.2) is 11.5 Å². The standard InChI is InChI=1S/C23H26N2O4/c1-2-17-3-5-18(6-4-17)7-10-22(26)24-11-13-25(14-12-24)23(27)19-8-9-20-21(15-19)29-16-28-20/h3-6,8-9,15H,2,7,10-14,16H2,1H3. The van der Waals surface area contributed by atoms with Crippen molar-refractivity contribution in [1.29, 1.82) is 0 Å². The van der Waals surface area contributed by atoms with Gasteiger partial charge in [0.05, 0.1) is 0 Å². The number of hydrogen-bond acceptors (Lipinski definition) is 4. The largest absolute Gasteiger partial charge is 0.454 e. The fraction of sp³-hybridized carbons (Fsp3) is 0.391. The van der Waals surface area contributed by atoms with Crippen molar-refractivity contribution in [3.05, 3.63) is 59.2 Å². The number of benzene rings is 2. The summed E-state index contributed by atoms with van der Waals surface area (Å²) >= 11 is 0. The molecular formula is C23H26N2O4. The summed E-state index contributed by atoms with van der Waals surface area (Å²) in [6, 6.07) is 13.7. The maximum absolute atomic E-state index is 12.8. The molecule has 1 saturated heterocycles. The number of carbonyl (C=O) groups is 2. The second kappa shape index (κ2) is 8.55. The van der Waals surface area contributed by atoms with Crippen LogP contribution in [0.25, 0.3) is 0 Å². The number of aryl methyl sites for hydroxylation is 2. The lowest BCUT2D eigenvalue weighted by Gasteiger charge is -2.35. The van der Waals surface area contributed by atoms with Gasteiger partial charge in [-0.1, -0.05) is 31.2 Å². The number of rotatable bonds is 5. The fourth-order valence-corrected chi connectivity index (χ4v) is 3.72. The molecule has 0 N–H and O–H groups in total. The molecule has 0 spiro atoms. The highest BCUT2D eigenvalue weighted by Crippen LogP contribution is 2.32. The Hall–Kier alpha value is -3.02. The summed E-state index contributed by atoms with van der Waals surface area (Å²) in [5, 5.41) is 0. The predicted octanol–water partition coefficient (Wildman–Crippen LogP) is 2.89. The summed E-state index contributed by atoms with van der Waals surface area (Å²) in [6.45, 7) is 4.56. The van der Waals surface area contributed by atoms with Gasteiger partial charge in [0.2, 0.25) is 12.7 Å². The molecular weight excluding hydrogens is 368 g/mol. The zero-order chi connectivity index (χ0) is 20.2. The number of hydrogen-bond donors (Lipinski definition) is 0. The van der Waals surface area contributed by atoms with Crippen molar-refractivity contribution in [2.24, 2.45) is 0 Å². The number of amides is 2. The third-order valence-corrected chi connectivity index (χ3v) is 5.60. The molecule has 6 nitrogen and oxygen atoms in total. The fourth-order valence-electron chi connectivity index (χ4n) is 3.72. The van der Waals surface area contributed by atoms with E-state index >= 15 is 0 Å². The quantitative estimate of drug-likeness (QED) is 0.783. The maximum Gasteiger partial charge on any atom is 0.254 e. The zero-order valence-corrected chi connectivity index (χ0v) is 16.7. The Morgan fingerprint density at radius 1 is 0.862 bits per heavy atom. The van der Waals surface area contributed by atoms with Gasteiger partial charge < -0.3 is 19.3 Å². The number of carbonyl (C=O) groups excluding carboxylic acids is 2. The van der Waals surface area contributed by atoms with E-state index in [1.54, 1.807) is 23.1 Å². The van der Waals surface area contributed by atoms with E-state index in [2.05, 4.69) is 31.2 Å². The molecule has 0 aromatic heterocycles. The van der Waals surface area contributed by atoms with Gasteiger partial charge in [-0.2, -0.15) is 0 Å². The average Bonchev–Trinajstić information content (AvgIpc) is 3.25. The van der Waals surface area contributed by atoms with Crippen molar-refractivity contribution in [3.63, 3.8) is 0 Å². The lowest BCUT2D eigenvalue weighted by Crippen LogP contribution is -2.50. The van der Waals surface area contributed by atoms with E-state index < -0.39 is 0 Å². The minimum atomic E-state index is -0.0357. The molecule has 1 fully saturated rings. The van der Waals surface area contributed by atoms with E-state index in [-0.39, 0.29) is 18.6 Å². The summed E-state index contributed by atoms with van der Waals surface area (Å²) in [4.78, 5) is 29.0. The van der Waals surface area contributed by atoms with Crippen LogP contribution in [-0.2, 0) is 17.6 Å². The summed E-state index contributed by atoms with van der Waals surface area (Å²) in [7, 11) is 0. The SMILES string of the molecule is CCc1ccc(CCC(=O)N2CCN(C(=O)c3ccc4c(c3)OCO4)CC2)cc1. The molecule has 0 atom stereocenters. The van der Waals surface area contributed by atoms with Crippen molar-refractivity contribution in [1.82, 2.24) is 9.80 Å². The van der Waals surface area contributed by atoms with Crippen LogP contribution in [0, 0.1) is 0 Å². The van der Waals surface area contributed by atoms with Crippen LogP contribution < -0.4 is 9.47 Å². The molecule has 0 unspecified atom stereocenters. The van der Waals surface area contributed by atoms with Gasteiger partial charge in [-0.25, -0.2) is 0 Å². The molecule has 2 aliphatic rings. The van der Waals surface area contributed by atoms with Crippen LogP contribution in [0.5, 0.6) is 11.5 Å². The first-order chi connectivity index (χ1) is 14.1.